The molecule has 1 N–H and O–H groups in total. The van der Waals surface area contributed by atoms with Crippen molar-refractivity contribution in [1.29, 1.82) is 0 Å². The molecular formula is C8H9Cl2NO. The minimum Gasteiger partial charge on any atom is -0.388 e. The molecule has 0 aliphatic carbocycles. The molecule has 0 unspecified atom stereocenters. The van der Waals surface area contributed by atoms with Crippen LogP contribution in [0.25, 0.3) is 0 Å². The number of benzene rings is 1. The van der Waals surface area contributed by atoms with Gasteiger partial charge in [-0.25, -0.2) is 0 Å². The second-order valence-corrected chi connectivity index (χ2v) is 2.72. The molecular weight excluding hydrogens is 197 g/mol. The molecule has 0 heterocycles. The van der Waals surface area contributed by atoms with Gasteiger partial charge in [0.05, 0.1) is 0 Å². The van der Waals surface area contributed by atoms with Gasteiger partial charge in [0, 0.05) is 12.7 Å². The van der Waals surface area contributed by atoms with E-state index < -0.39 is 4.70 Å². The van der Waals surface area contributed by atoms with Crippen molar-refractivity contribution in [3.63, 3.8) is 0 Å². The average Bonchev–Trinajstić information content (AvgIpc) is 2.05. The molecule has 1 aromatic rings. The average molecular weight is 206 g/mol. The molecule has 0 aliphatic rings. The van der Waals surface area contributed by atoms with Crippen LogP contribution in [0.5, 0.6) is 0 Å². The third-order valence-corrected chi connectivity index (χ3v) is 1.06. The van der Waals surface area contributed by atoms with Crippen LogP contribution in [0.2, 0.25) is 0 Å². The summed E-state index contributed by atoms with van der Waals surface area (Å²) in [5, 5.41) is 3.03. The number of hydrogen-bond donors (Lipinski definition) is 1. The van der Waals surface area contributed by atoms with Crippen molar-refractivity contribution < 1.29 is 4.79 Å². The van der Waals surface area contributed by atoms with Crippen LogP contribution in [0.15, 0.2) is 30.3 Å². The molecule has 0 spiro atoms. The first kappa shape index (κ1) is 11.3. The monoisotopic (exact) mass is 205 g/mol. The Morgan fingerprint density at radius 2 is 1.67 bits per heavy atom. The minimum absolute atomic E-state index is 0.889. The standard InChI is InChI=1S/C7H9N.CCl2O/c1-8-7-5-3-2-4-6-7;2-1(3)4/h2-6,8H,1H3;. The number of carbonyl (C=O) groups is 1. The number of para-hydroxylation sites is 1. The number of nitrogens with one attached hydrogen (secondary N) is 1. The van der Waals surface area contributed by atoms with Gasteiger partial charge in [0.15, 0.2) is 0 Å². The van der Waals surface area contributed by atoms with E-state index in [1.807, 2.05) is 37.4 Å². The maximum absolute atomic E-state index is 8.98. The number of carbonyl (C=O) groups excluding carboxylic acids is 1. The Morgan fingerprint density at radius 1 is 1.25 bits per heavy atom. The Labute approximate surface area is 81.5 Å². The molecule has 0 radical (unpaired) electrons. The highest BCUT2D eigenvalue weighted by Crippen LogP contribution is 2.01. The summed E-state index contributed by atoms with van der Waals surface area (Å²) in [6.07, 6.45) is 0. The summed E-state index contributed by atoms with van der Waals surface area (Å²) in [5.74, 6) is 0. The Morgan fingerprint density at radius 3 is 1.92 bits per heavy atom. The molecule has 2 nitrogen and oxygen atoms in total. The molecule has 1 aromatic carbocycles. The van der Waals surface area contributed by atoms with E-state index in [1.165, 1.54) is 0 Å². The molecule has 0 saturated heterocycles. The second kappa shape index (κ2) is 6.95. The highest BCUT2D eigenvalue weighted by atomic mass is 35.5. The Hall–Kier alpha value is -0.730. The first-order valence-electron chi connectivity index (χ1n) is 3.24. The molecule has 0 amide bonds. The molecule has 1 rings (SSSR count). The topological polar surface area (TPSA) is 29.1 Å². The van der Waals surface area contributed by atoms with Crippen LogP contribution < -0.4 is 5.32 Å². The molecule has 0 aromatic heterocycles. The molecule has 4 heteroatoms. The van der Waals surface area contributed by atoms with Crippen molar-refractivity contribution in [1.82, 2.24) is 0 Å². The SMILES string of the molecule is CNc1ccccc1.O=C(Cl)Cl. The molecule has 0 atom stereocenters. The molecule has 66 valence electrons. The van der Waals surface area contributed by atoms with E-state index in [0.29, 0.717) is 0 Å². The lowest BCUT2D eigenvalue weighted by molar-refractivity contribution is 0.275. The van der Waals surface area contributed by atoms with E-state index in [-0.39, 0.29) is 0 Å². The van der Waals surface area contributed by atoms with Gasteiger partial charge in [0.25, 0.3) is 0 Å². The fraction of sp³-hybridized carbons (Fsp3) is 0.125. The van der Waals surface area contributed by atoms with Gasteiger partial charge in [-0.05, 0) is 35.3 Å². The number of hydrogen-bond acceptors (Lipinski definition) is 2. The van der Waals surface area contributed by atoms with Crippen molar-refractivity contribution >= 4 is 33.6 Å². The second-order valence-electron chi connectivity index (χ2n) is 1.84. The fourth-order valence-corrected chi connectivity index (χ4v) is 0.605. The van der Waals surface area contributed by atoms with Gasteiger partial charge in [0.2, 0.25) is 0 Å². The zero-order valence-corrected chi connectivity index (χ0v) is 8.06. The van der Waals surface area contributed by atoms with Crippen molar-refractivity contribution in [3.05, 3.63) is 30.3 Å². The largest absolute Gasteiger partial charge is 0.388 e. The van der Waals surface area contributed by atoms with Crippen LogP contribution in [-0.4, -0.2) is 11.7 Å². The summed E-state index contributed by atoms with van der Waals surface area (Å²) < 4.78 is -0.889. The highest BCUT2D eigenvalue weighted by Gasteiger charge is 1.77. The first-order valence-corrected chi connectivity index (χ1v) is 4.00. The van der Waals surface area contributed by atoms with Gasteiger partial charge in [-0.2, -0.15) is 0 Å². The lowest BCUT2D eigenvalue weighted by Gasteiger charge is -1.94. The molecule has 0 bridgehead atoms. The van der Waals surface area contributed by atoms with E-state index in [2.05, 4.69) is 28.5 Å². The number of halogens is 2. The Balaban J connectivity index is 0.000000261. The third-order valence-electron chi connectivity index (χ3n) is 1.06. The van der Waals surface area contributed by atoms with Crippen molar-refractivity contribution in [3.8, 4) is 0 Å². The quantitative estimate of drug-likeness (QED) is 0.714. The van der Waals surface area contributed by atoms with Gasteiger partial charge in [-0.1, -0.05) is 18.2 Å². The Kier molecular flexibility index (Phi) is 6.53. The fourth-order valence-electron chi connectivity index (χ4n) is 0.605. The van der Waals surface area contributed by atoms with Gasteiger partial charge >= 0.3 is 4.70 Å². The Bertz CT molecular complexity index is 222. The van der Waals surface area contributed by atoms with Crippen LogP contribution in [-0.2, 0) is 0 Å². The van der Waals surface area contributed by atoms with E-state index in [0.717, 1.165) is 5.69 Å². The molecule has 0 aliphatic heterocycles. The van der Waals surface area contributed by atoms with Crippen LogP contribution in [0.3, 0.4) is 0 Å². The normalized spacial score (nSPS) is 7.92. The van der Waals surface area contributed by atoms with Crippen LogP contribution in [0.4, 0.5) is 10.5 Å². The summed E-state index contributed by atoms with van der Waals surface area (Å²) in [5.41, 5.74) is 1.16. The van der Waals surface area contributed by atoms with Gasteiger partial charge in [-0.3, -0.25) is 4.79 Å². The van der Waals surface area contributed by atoms with Gasteiger partial charge in [-0.15, -0.1) is 0 Å². The van der Waals surface area contributed by atoms with Gasteiger partial charge in [0.1, 0.15) is 0 Å². The highest BCUT2D eigenvalue weighted by molar-refractivity contribution is 6.93. The van der Waals surface area contributed by atoms with Crippen molar-refractivity contribution in [2.75, 3.05) is 12.4 Å². The number of rotatable bonds is 1. The summed E-state index contributed by atoms with van der Waals surface area (Å²) in [7, 11) is 1.91. The zero-order chi connectivity index (χ0) is 9.40. The van der Waals surface area contributed by atoms with E-state index in [9.17, 15) is 0 Å². The van der Waals surface area contributed by atoms with Crippen molar-refractivity contribution in [2.45, 2.75) is 0 Å². The summed E-state index contributed by atoms with van der Waals surface area (Å²) in [4.78, 5) is 8.98. The third kappa shape index (κ3) is 7.38. The minimum atomic E-state index is -0.889. The molecule has 0 fully saturated rings. The predicted molar refractivity (Wildman–Crippen MR) is 53.1 cm³/mol. The lowest BCUT2D eigenvalue weighted by Crippen LogP contribution is -1.84. The summed E-state index contributed by atoms with van der Waals surface area (Å²) in [6, 6.07) is 10.1. The molecule has 12 heavy (non-hydrogen) atoms. The van der Waals surface area contributed by atoms with Gasteiger partial charge < -0.3 is 5.32 Å². The molecule has 0 saturated carbocycles. The van der Waals surface area contributed by atoms with Crippen molar-refractivity contribution in [2.24, 2.45) is 0 Å². The van der Waals surface area contributed by atoms with Crippen LogP contribution in [0, 0.1) is 0 Å². The smallest absolute Gasteiger partial charge is 0.313 e. The maximum Gasteiger partial charge on any atom is 0.313 e. The summed E-state index contributed by atoms with van der Waals surface area (Å²) >= 11 is 8.80. The van der Waals surface area contributed by atoms with Crippen LogP contribution in [0.1, 0.15) is 0 Å². The zero-order valence-electron chi connectivity index (χ0n) is 6.55. The van der Waals surface area contributed by atoms with E-state index >= 15 is 0 Å². The van der Waals surface area contributed by atoms with Crippen LogP contribution >= 0.6 is 23.2 Å². The predicted octanol–water partition coefficient (Wildman–Crippen LogP) is 3.31. The first-order chi connectivity index (χ1) is 5.66. The van der Waals surface area contributed by atoms with E-state index in [1.54, 1.807) is 0 Å². The summed E-state index contributed by atoms with van der Waals surface area (Å²) in [6.45, 7) is 0. The number of anilines is 1. The van der Waals surface area contributed by atoms with E-state index in [4.69, 9.17) is 4.79 Å². The maximum atomic E-state index is 8.98. The lowest BCUT2D eigenvalue weighted by atomic mass is 10.3.